The Bertz CT molecular complexity index is 346. The van der Waals surface area contributed by atoms with Gasteiger partial charge in [-0.1, -0.05) is 64.7 Å². The zero-order valence-electron chi connectivity index (χ0n) is 13.7. The molecule has 0 aliphatic heterocycles. The smallest absolute Gasteiger partial charge is 0.413 e. The summed E-state index contributed by atoms with van der Waals surface area (Å²) in [4.78, 5) is 10.6. The van der Waals surface area contributed by atoms with Crippen molar-refractivity contribution in [3.63, 3.8) is 0 Å². The molecule has 0 N–H and O–H groups in total. The van der Waals surface area contributed by atoms with Crippen molar-refractivity contribution < 1.29 is 23.1 Å². The maximum absolute atomic E-state index is 12.8. The number of carboxylic acid groups (broad SMARTS) is 1. The summed E-state index contributed by atoms with van der Waals surface area (Å²) < 4.78 is 38.3. The number of allylic oxidation sites excluding steroid dienone is 1. The number of carbonyl (C=O) groups is 1. The number of carbonyl (C=O) groups excluding carboxylic acids is 1. The van der Waals surface area contributed by atoms with Crippen LogP contribution in [0.25, 0.3) is 0 Å². The fourth-order valence-corrected chi connectivity index (χ4v) is 2.45. The molecule has 0 saturated heterocycles. The first kappa shape index (κ1) is 21.0. The second-order valence-electron chi connectivity index (χ2n) is 5.82. The van der Waals surface area contributed by atoms with Crippen LogP contribution in [0.5, 0.6) is 0 Å². The number of hydrogen-bond donors (Lipinski definition) is 0. The molecule has 0 fully saturated rings. The summed E-state index contributed by atoms with van der Waals surface area (Å²) in [5, 5.41) is 10.6. The van der Waals surface area contributed by atoms with Gasteiger partial charge in [0.15, 0.2) is 0 Å². The zero-order chi connectivity index (χ0) is 17.0. The Morgan fingerprint density at radius 1 is 0.864 bits per heavy atom. The Morgan fingerprint density at radius 3 is 1.64 bits per heavy atom. The zero-order valence-corrected chi connectivity index (χ0v) is 13.7. The third-order valence-corrected chi connectivity index (χ3v) is 3.88. The van der Waals surface area contributed by atoms with E-state index >= 15 is 0 Å². The second-order valence-corrected chi connectivity index (χ2v) is 5.82. The Hall–Kier alpha value is -1.00. The number of alkyl halides is 3. The van der Waals surface area contributed by atoms with E-state index in [1.807, 2.05) is 0 Å². The van der Waals surface area contributed by atoms with Gasteiger partial charge in [0.05, 0.1) is 5.97 Å². The van der Waals surface area contributed by atoms with E-state index in [9.17, 15) is 23.1 Å². The van der Waals surface area contributed by atoms with E-state index in [0.29, 0.717) is 12.8 Å². The molecule has 0 saturated carbocycles. The number of hydrogen-bond acceptors (Lipinski definition) is 2. The minimum absolute atomic E-state index is 0.236. The molecule has 0 rings (SSSR count). The van der Waals surface area contributed by atoms with Gasteiger partial charge < -0.3 is 9.90 Å². The average Bonchev–Trinajstić information content (AvgIpc) is 2.42. The molecule has 0 unspecified atom stereocenters. The fraction of sp³-hybridized carbons (Fsp3) is 0.824. The van der Waals surface area contributed by atoms with Gasteiger partial charge in [-0.3, -0.25) is 0 Å². The molecule has 22 heavy (non-hydrogen) atoms. The Morgan fingerprint density at radius 2 is 1.27 bits per heavy atom. The van der Waals surface area contributed by atoms with Crippen LogP contribution in [0.3, 0.4) is 0 Å². The van der Waals surface area contributed by atoms with E-state index < -0.39 is 23.3 Å². The van der Waals surface area contributed by atoms with Crippen LogP contribution in [0.4, 0.5) is 13.2 Å². The van der Waals surface area contributed by atoms with Gasteiger partial charge in [-0.15, -0.1) is 0 Å². The van der Waals surface area contributed by atoms with Crippen molar-refractivity contribution in [1.82, 2.24) is 0 Å². The lowest BCUT2D eigenvalue weighted by Gasteiger charge is -2.16. The van der Waals surface area contributed by atoms with Gasteiger partial charge >= 0.3 is 6.18 Å². The lowest BCUT2D eigenvalue weighted by molar-refractivity contribution is -0.299. The van der Waals surface area contributed by atoms with Gasteiger partial charge in [-0.2, -0.15) is 13.2 Å². The highest BCUT2D eigenvalue weighted by Gasteiger charge is 2.34. The quantitative estimate of drug-likeness (QED) is 0.378. The molecule has 0 amide bonds. The number of rotatable bonds is 12. The maximum Gasteiger partial charge on any atom is 0.413 e. The minimum atomic E-state index is -4.58. The standard InChI is InChI=1S/C17H29F3O2/c1-3-4-5-6-7-8-9-10-11-12-13-15(17(18,19)20)14(2)16(21)22/h3-13H2,1-2H3,(H,21,22)/p-1. The van der Waals surface area contributed by atoms with Gasteiger partial charge in [0.25, 0.3) is 0 Å². The van der Waals surface area contributed by atoms with E-state index in [1.165, 1.54) is 32.1 Å². The number of halogens is 3. The molecule has 0 aromatic heterocycles. The third kappa shape index (κ3) is 9.85. The molecule has 0 atom stereocenters. The molecule has 130 valence electrons. The summed E-state index contributed by atoms with van der Waals surface area (Å²) in [6, 6.07) is 0. The lowest BCUT2D eigenvalue weighted by Crippen LogP contribution is -2.27. The number of unbranched alkanes of at least 4 members (excludes halogenated alkanes) is 9. The van der Waals surface area contributed by atoms with Gasteiger partial charge in [0, 0.05) is 5.57 Å². The summed E-state index contributed by atoms with van der Waals surface area (Å²) in [7, 11) is 0. The van der Waals surface area contributed by atoms with Crippen LogP contribution < -0.4 is 5.11 Å². The van der Waals surface area contributed by atoms with Crippen LogP contribution in [0, 0.1) is 0 Å². The minimum Gasteiger partial charge on any atom is -0.545 e. The van der Waals surface area contributed by atoms with Crippen molar-refractivity contribution in [3.8, 4) is 0 Å². The molecule has 0 aliphatic rings. The van der Waals surface area contributed by atoms with Crippen molar-refractivity contribution >= 4 is 5.97 Å². The van der Waals surface area contributed by atoms with Crippen LogP contribution >= 0.6 is 0 Å². The summed E-state index contributed by atoms with van der Waals surface area (Å²) in [5.74, 6) is -1.74. The van der Waals surface area contributed by atoms with Crippen LogP contribution in [0.2, 0.25) is 0 Å². The first-order valence-electron chi connectivity index (χ1n) is 8.29. The second kappa shape index (κ2) is 11.6. The van der Waals surface area contributed by atoms with Gasteiger partial charge in [-0.05, 0) is 25.3 Å². The number of carboxylic acids is 1. The number of aliphatic carboxylic acids is 1. The lowest BCUT2D eigenvalue weighted by atomic mass is 10.0. The van der Waals surface area contributed by atoms with Crippen molar-refractivity contribution in [2.45, 2.75) is 90.7 Å². The summed E-state index contributed by atoms with van der Waals surface area (Å²) in [6.07, 6.45) is 5.51. The van der Waals surface area contributed by atoms with Crippen molar-refractivity contribution in [2.24, 2.45) is 0 Å². The Kier molecular flexibility index (Phi) is 11.0. The highest BCUT2D eigenvalue weighted by molar-refractivity contribution is 5.85. The normalized spacial score (nSPS) is 13.1. The molecule has 0 spiro atoms. The maximum atomic E-state index is 12.8. The van der Waals surface area contributed by atoms with Gasteiger partial charge in [0.2, 0.25) is 0 Å². The fourth-order valence-electron chi connectivity index (χ4n) is 2.45. The molecule has 0 aromatic carbocycles. The average molecular weight is 321 g/mol. The molecule has 2 nitrogen and oxygen atoms in total. The van der Waals surface area contributed by atoms with Crippen molar-refractivity contribution in [1.29, 1.82) is 0 Å². The molecule has 0 radical (unpaired) electrons. The predicted molar refractivity (Wildman–Crippen MR) is 80.2 cm³/mol. The van der Waals surface area contributed by atoms with Crippen LogP contribution in [-0.4, -0.2) is 12.1 Å². The summed E-state index contributed by atoms with van der Waals surface area (Å²) in [5.41, 5.74) is -1.64. The highest BCUT2D eigenvalue weighted by atomic mass is 19.4. The van der Waals surface area contributed by atoms with E-state index in [2.05, 4.69) is 6.92 Å². The first-order chi connectivity index (χ1) is 10.3. The summed E-state index contributed by atoms with van der Waals surface area (Å²) in [6.45, 7) is 3.14. The largest absolute Gasteiger partial charge is 0.545 e. The first-order valence-corrected chi connectivity index (χ1v) is 8.29. The molecule has 5 heteroatoms. The molecule has 0 bridgehead atoms. The van der Waals surface area contributed by atoms with E-state index in [4.69, 9.17) is 0 Å². The van der Waals surface area contributed by atoms with Crippen LogP contribution in [-0.2, 0) is 4.79 Å². The summed E-state index contributed by atoms with van der Waals surface area (Å²) >= 11 is 0. The topological polar surface area (TPSA) is 40.1 Å². The van der Waals surface area contributed by atoms with Crippen molar-refractivity contribution in [3.05, 3.63) is 11.1 Å². The predicted octanol–water partition coefficient (Wildman–Crippen LogP) is 4.93. The van der Waals surface area contributed by atoms with Crippen molar-refractivity contribution in [2.75, 3.05) is 0 Å². The van der Waals surface area contributed by atoms with E-state index in [-0.39, 0.29) is 6.42 Å². The molecular weight excluding hydrogens is 293 g/mol. The SMILES string of the molecule is CCCCCCCCCCCCC(=C(C)C(=O)[O-])C(F)(F)F. The van der Waals surface area contributed by atoms with Crippen LogP contribution in [0.15, 0.2) is 11.1 Å². The van der Waals surface area contributed by atoms with Gasteiger partial charge in [0.1, 0.15) is 0 Å². The van der Waals surface area contributed by atoms with Crippen LogP contribution in [0.1, 0.15) is 84.5 Å². The van der Waals surface area contributed by atoms with E-state index in [1.54, 1.807) is 0 Å². The molecular formula is C17H28F3O2-. The highest BCUT2D eigenvalue weighted by Crippen LogP contribution is 2.32. The van der Waals surface area contributed by atoms with E-state index in [0.717, 1.165) is 26.2 Å². The molecule has 0 heterocycles. The Labute approximate surface area is 131 Å². The Balaban J connectivity index is 3.88. The molecule has 0 aliphatic carbocycles. The third-order valence-electron chi connectivity index (χ3n) is 3.88. The molecule has 0 aromatic rings. The monoisotopic (exact) mass is 321 g/mol. The van der Waals surface area contributed by atoms with Gasteiger partial charge in [-0.25, -0.2) is 0 Å².